The van der Waals surface area contributed by atoms with Crippen LogP contribution in [0.2, 0.25) is 5.02 Å². The topological polar surface area (TPSA) is 51.1 Å². The van der Waals surface area contributed by atoms with E-state index in [4.69, 9.17) is 11.6 Å². The lowest BCUT2D eigenvalue weighted by Gasteiger charge is -2.40. The van der Waals surface area contributed by atoms with Crippen molar-refractivity contribution in [2.24, 2.45) is 17.8 Å². The van der Waals surface area contributed by atoms with Crippen LogP contribution in [-0.4, -0.2) is 15.7 Å². The number of thioether (sulfide) groups is 1. The largest absolute Gasteiger partial charge is 0.418 e. The van der Waals surface area contributed by atoms with Crippen molar-refractivity contribution in [3.05, 3.63) is 79.2 Å². The van der Waals surface area contributed by atoms with Crippen molar-refractivity contribution >= 4 is 46.3 Å². The number of para-hydroxylation sites is 1. The van der Waals surface area contributed by atoms with Gasteiger partial charge in [-0.3, -0.25) is 14.2 Å². The Balaban J connectivity index is 1.35. The van der Waals surface area contributed by atoms with E-state index >= 15 is 0 Å². The molecule has 2 heterocycles. The highest BCUT2D eigenvalue weighted by atomic mass is 35.5. The molecule has 2 aliphatic carbocycles. The van der Waals surface area contributed by atoms with Gasteiger partial charge in [0.25, 0.3) is 0 Å². The van der Waals surface area contributed by atoms with Gasteiger partial charge in [0, 0.05) is 21.1 Å². The van der Waals surface area contributed by atoms with Crippen molar-refractivity contribution in [1.29, 1.82) is 0 Å². The first kappa shape index (κ1) is 24.1. The van der Waals surface area contributed by atoms with Crippen molar-refractivity contribution in [3.8, 4) is 0 Å². The normalized spacial score (nSPS) is 26.5. The highest BCUT2D eigenvalue weighted by Gasteiger charge is 2.55. The number of amides is 1. The second kappa shape index (κ2) is 8.96. The third kappa shape index (κ3) is 4.09. The lowest BCUT2D eigenvalue weighted by atomic mass is 9.75. The lowest BCUT2D eigenvalue weighted by molar-refractivity contribution is -0.137. The number of carbonyl (C=O) groups is 1. The van der Waals surface area contributed by atoms with Crippen LogP contribution in [0.15, 0.2) is 58.4 Å². The third-order valence-electron chi connectivity index (χ3n) is 7.73. The molecule has 2 bridgehead atoms. The summed E-state index contributed by atoms with van der Waals surface area (Å²) in [4.78, 5) is 26.7. The molecule has 1 aliphatic heterocycles. The van der Waals surface area contributed by atoms with Crippen molar-refractivity contribution in [2.75, 3.05) is 5.32 Å². The Morgan fingerprint density at radius 3 is 2.56 bits per heavy atom. The Kier molecular flexibility index (Phi) is 6.00. The number of rotatable bonds is 4. The van der Waals surface area contributed by atoms with Crippen molar-refractivity contribution < 1.29 is 18.0 Å². The molecule has 2 aromatic carbocycles. The SMILES string of the molecule is O=C(Cn1c2c(sc1=O)[C@H](c1ccc(Cl)cc1)C1C3CCC(C3)C1S2)Nc1ccccc1C(F)(F)F. The lowest BCUT2D eigenvalue weighted by Crippen LogP contribution is -2.34. The van der Waals surface area contributed by atoms with Gasteiger partial charge in [-0.05, 0) is 66.8 Å². The Labute approximate surface area is 218 Å². The molecule has 2 saturated carbocycles. The molecule has 5 atom stereocenters. The van der Waals surface area contributed by atoms with Gasteiger partial charge >= 0.3 is 11.0 Å². The zero-order valence-electron chi connectivity index (χ0n) is 18.9. The minimum Gasteiger partial charge on any atom is -0.324 e. The highest BCUT2D eigenvalue weighted by Crippen LogP contribution is 2.64. The van der Waals surface area contributed by atoms with Gasteiger partial charge in [0.2, 0.25) is 5.91 Å². The summed E-state index contributed by atoms with van der Waals surface area (Å²) in [6, 6.07) is 12.6. The Hall–Kier alpha value is -2.23. The van der Waals surface area contributed by atoms with E-state index in [1.807, 2.05) is 24.3 Å². The maximum atomic E-state index is 13.4. The van der Waals surface area contributed by atoms with Crippen LogP contribution >= 0.6 is 34.7 Å². The number of carbonyl (C=O) groups excluding carboxylic acids is 1. The van der Waals surface area contributed by atoms with Crippen molar-refractivity contribution in [2.45, 2.75) is 48.2 Å². The van der Waals surface area contributed by atoms with Crippen LogP contribution in [-0.2, 0) is 17.5 Å². The summed E-state index contributed by atoms with van der Waals surface area (Å²) in [5.41, 5.74) is -0.118. The first-order valence-electron chi connectivity index (χ1n) is 11.8. The van der Waals surface area contributed by atoms with E-state index in [1.165, 1.54) is 42.0 Å². The fourth-order valence-electron chi connectivity index (χ4n) is 6.30. The van der Waals surface area contributed by atoms with E-state index in [0.29, 0.717) is 28.0 Å². The van der Waals surface area contributed by atoms with E-state index < -0.39 is 17.6 Å². The number of halogens is 4. The summed E-state index contributed by atoms with van der Waals surface area (Å²) in [6.45, 7) is -0.331. The van der Waals surface area contributed by atoms with Crippen LogP contribution in [0.1, 0.15) is 41.2 Å². The Bertz CT molecular complexity index is 1390. The number of fused-ring (bicyclic) bond motifs is 6. The molecule has 0 radical (unpaired) electrons. The molecule has 0 saturated heterocycles. The number of anilines is 1. The number of nitrogens with one attached hydrogen (secondary N) is 1. The Morgan fingerprint density at radius 2 is 1.81 bits per heavy atom. The number of hydrogen-bond donors (Lipinski definition) is 1. The molecular weight excluding hydrogens is 529 g/mol. The molecule has 4 unspecified atom stereocenters. The predicted octanol–water partition coefficient (Wildman–Crippen LogP) is 6.87. The van der Waals surface area contributed by atoms with Crippen LogP contribution < -0.4 is 10.2 Å². The fraction of sp³-hybridized carbons (Fsp3) is 0.385. The maximum Gasteiger partial charge on any atom is 0.418 e. The van der Waals surface area contributed by atoms with E-state index in [-0.39, 0.29) is 23.0 Å². The molecule has 6 rings (SSSR count). The van der Waals surface area contributed by atoms with Gasteiger partial charge in [0.15, 0.2) is 0 Å². The van der Waals surface area contributed by atoms with Crippen LogP contribution in [0.5, 0.6) is 0 Å². The molecule has 0 spiro atoms. The van der Waals surface area contributed by atoms with Crippen molar-refractivity contribution in [3.63, 3.8) is 0 Å². The number of alkyl halides is 3. The van der Waals surface area contributed by atoms with Crippen LogP contribution in [0.4, 0.5) is 18.9 Å². The summed E-state index contributed by atoms with van der Waals surface area (Å²) < 4.78 is 41.6. The van der Waals surface area contributed by atoms with Gasteiger partial charge in [0.1, 0.15) is 6.54 Å². The van der Waals surface area contributed by atoms with E-state index in [1.54, 1.807) is 11.8 Å². The van der Waals surface area contributed by atoms with Gasteiger partial charge in [-0.2, -0.15) is 13.2 Å². The summed E-state index contributed by atoms with van der Waals surface area (Å²) >= 11 is 8.98. The molecule has 36 heavy (non-hydrogen) atoms. The molecule has 188 valence electrons. The number of aromatic nitrogens is 1. The molecule has 1 N–H and O–H groups in total. The Morgan fingerprint density at radius 1 is 1.08 bits per heavy atom. The average Bonchev–Trinajstić information content (AvgIpc) is 3.52. The highest BCUT2D eigenvalue weighted by molar-refractivity contribution is 8.00. The number of hydrogen-bond acceptors (Lipinski definition) is 4. The van der Waals surface area contributed by atoms with Crippen LogP contribution in [0.3, 0.4) is 0 Å². The van der Waals surface area contributed by atoms with Gasteiger partial charge in [0.05, 0.1) is 16.3 Å². The fourth-order valence-corrected chi connectivity index (χ4v) is 9.58. The van der Waals surface area contributed by atoms with E-state index in [9.17, 15) is 22.8 Å². The van der Waals surface area contributed by atoms with E-state index in [0.717, 1.165) is 32.9 Å². The van der Waals surface area contributed by atoms with Gasteiger partial charge in [-0.1, -0.05) is 47.2 Å². The second-order valence-electron chi connectivity index (χ2n) is 9.74. The summed E-state index contributed by atoms with van der Waals surface area (Å²) in [7, 11) is 0. The summed E-state index contributed by atoms with van der Waals surface area (Å²) in [5.74, 6) is 0.986. The van der Waals surface area contributed by atoms with Gasteiger partial charge in [-0.15, -0.1) is 11.8 Å². The van der Waals surface area contributed by atoms with Crippen LogP contribution in [0.25, 0.3) is 0 Å². The zero-order chi connectivity index (χ0) is 25.2. The molecule has 3 aromatic rings. The summed E-state index contributed by atoms with van der Waals surface area (Å²) in [5, 5.41) is 4.15. The third-order valence-corrected chi connectivity index (χ3v) is 10.8. The summed E-state index contributed by atoms with van der Waals surface area (Å²) in [6.07, 6.45) is -1.05. The first-order chi connectivity index (χ1) is 17.2. The predicted molar refractivity (Wildman–Crippen MR) is 136 cm³/mol. The quantitative estimate of drug-likeness (QED) is 0.385. The molecule has 3 aliphatic rings. The van der Waals surface area contributed by atoms with E-state index in [2.05, 4.69) is 5.32 Å². The first-order valence-corrected chi connectivity index (χ1v) is 13.9. The monoisotopic (exact) mass is 550 g/mol. The number of nitrogens with zero attached hydrogens (tertiary/aromatic N) is 1. The maximum absolute atomic E-state index is 13.4. The number of benzene rings is 2. The molecule has 1 amide bonds. The zero-order valence-corrected chi connectivity index (χ0v) is 21.3. The second-order valence-corrected chi connectivity index (χ2v) is 12.3. The van der Waals surface area contributed by atoms with Gasteiger partial charge < -0.3 is 5.32 Å². The minimum absolute atomic E-state index is 0.0479. The van der Waals surface area contributed by atoms with Gasteiger partial charge in [-0.25, -0.2) is 0 Å². The smallest absolute Gasteiger partial charge is 0.324 e. The standard InChI is InChI=1S/C26H22ClF3N2O2S2/c27-16-9-7-13(8-10-16)20-21-14-5-6-15(11-14)22(21)35-24-23(20)36-25(34)32(24)12-19(33)31-18-4-2-1-3-17(18)26(28,29)30/h1-4,7-10,14-15,20-22H,5-6,11-12H2,(H,31,33)/t14?,15?,20-,21?,22?/m1/s1. The molecular formula is C26H22ClF3N2O2S2. The molecule has 1 aromatic heterocycles. The average molecular weight is 551 g/mol. The van der Waals surface area contributed by atoms with Crippen LogP contribution in [0, 0.1) is 17.8 Å². The van der Waals surface area contributed by atoms with Crippen molar-refractivity contribution in [1.82, 2.24) is 4.57 Å². The molecule has 10 heteroatoms. The molecule has 4 nitrogen and oxygen atoms in total. The minimum atomic E-state index is -4.60. The number of thiazole rings is 1. The molecule has 2 fully saturated rings.